The minimum Gasteiger partial charge on any atom is -0.465 e. The third-order valence-electron chi connectivity index (χ3n) is 4.16. The average molecular weight is 329 g/mol. The van der Waals surface area contributed by atoms with Crippen molar-refractivity contribution in [1.29, 1.82) is 0 Å². The number of hydrogen-bond acceptors (Lipinski definition) is 6. The molecule has 0 amide bonds. The summed E-state index contributed by atoms with van der Waals surface area (Å²) in [6.45, 7) is 8.92. The molecule has 2 heterocycles. The Kier molecular flexibility index (Phi) is 4.78. The molecular formula is C15H24N2O2S2. The highest BCUT2D eigenvalue weighted by Crippen LogP contribution is 2.46. The number of esters is 1. The van der Waals surface area contributed by atoms with Crippen molar-refractivity contribution in [2.75, 3.05) is 37.1 Å². The van der Waals surface area contributed by atoms with Gasteiger partial charge < -0.3 is 15.4 Å². The van der Waals surface area contributed by atoms with Gasteiger partial charge in [0.05, 0.1) is 17.7 Å². The van der Waals surface area contributed by atoms with Gasteiger partial charge in [0.15, 0.2) is 0 Å². The highest BCUT2D eigenvalue weighted by molar-refractivity contribution is 7.99. The molecule has 21 heavy (non-hydrogen) atoms. The van der Waals surface area contributed by atoms with Crippen LogP contribution in [0.2, 0.25) is 0 Å². The van der Waals surface area contributed by atoms with Crippen molar-refractivity contribution in [3.05, 3.63) is 4.88 Å². The van der Waals surface area contributed by atoms with Gasteiger partial charge in [0.2, 0.25) is 0 Å². The second-order valence-electron chi connectivity index (χ2n) is 6.47. The largest absolute Gasteiger partial charge is 0.465 e. The fourth-order valence-electron chi connectivity index (χ4n) is 2.72. The fourth-order valence-corrected chi connectivity index (χ4v) is 4.85. The molecule has 4 nitrogen and oxygen atoms in total. The zero-order chi connectivity index (χ0) is 15.8. The summed E-state index contributed by atoms with van der Waals surface area (Å²) in [5.74, 6) is 0.322. The summed E-state index contributed by atoms with van der Waals surface area (Å²) in [5.41, 5.74) is 7.01. The van der Waals surface area contributed by atoms with Gasteiger partial charge in [-0.25, -0.2) is 4.79 Å². The van der Waals surface area contributed by atoms with Crippen molar-refractivity contribution in [3.8, 4) is 0 Å². The SMILES string of the molecule is COC(=O)c1sc(N2CCC(C(C)(C)C)C2)c(SC)c1N. The van der Waals surface area contributed by atoms with Gasteiger partial charge in [-0.1, -0.05) is 20.8 Å². The van der Waals surface area contributed by atoms with Crippen molar-refractivity contribution in [2.45, 2.75) is 32.1 Å². The quantitative estimate of drug-likeness (QED) is 0.677. The molecule has 1 unspecified atom stereocenters. The molecule has 118 valence electrons. The summed E-state index contributed by atoms with van der Waals surface area (Å²) < 4.78 is 4.83. The molecule has 1 fully saturated rings. The lowest BCUT2D eigenvalue weighted by molar-refractivity contribution is 0.0607. The Bertz CT molecular complexity index is 535. The predicted molar refractivity (Wildman–Crippen MR) is 91.6 cm³/mol. The Morgan fingerprint density at radius 3 is 2.62 bits per heavy atom. The van der Waals surface area contributed by atoms with Crippen molar-refractivity contribution in [3.63, 3.8) is 0 Å². The minimum atomic E-state index is -0.342. The van der Waals surface area contributed by atoms with Crippen LogP contribution in [-0.2, 0) is 4.74 Å². The van der Waals surface area contributed by atoms with Gasteiger partial charge in [-0.05, 0) is 24.0 Å². The zero-order valence-electron chi connectivity index (χ0n) is 13.4. The number of thiophene rings is 1. The van der Waals surface area contributed by atoms with E-state index in [1.165, 1.54) is 24.9 Å². The summed E-state index contributed by atoms with van der Waals surface area (Å²) in [7, 11) is 1.39. The number of anilines is 2. The van der Waals surface area contributed by atoms with E-state index in [4.69, 9.17) is 10.5 Å². The van der Waals surface area contributed by atoms with Crippen LogP contribution in [0.5, 0.6) is 0 Å². The van der Waals surface area contributed by atoms with E-state index in [0.717, 1.165) is 23.0 Å². The van der Waals surface area contributed by atoms with Crippen molar-refractivity contribution in [2.24, 2.45) is 11.3 Å². The molecule has 6 heteroatoms. The van der Waals surface area contributed by atoms with Gasteiger partial charge in [-0.2, -0.15) is 0 Å². The van der Waals surface area contributed by atoms with Crippen LogP contribution in [0.4, 0.5) is 10.7 Å². The molecule has 1 aliphatic heterocycles. The maximum absolute atomic E-state index is 11.8. The summed E-state index contributed by atoms with van der Waals surface area (Å²) in [6, 6.07) is 0. The summed E-state index contributed by atoms with van der Waals surface area (Å²) in [4.78, 5) is 15.7. The summed E-state index contributed by atoms with van der Waals surface area (Å²) in [6.07, 6.45) is 3.18. The van der Waals surface area contributed by atoms with Crippen LogP contribution in [-0.4, -0.2) is 32.4 Å². The van der Waals surface area contributed by atoms with Crippen LogP contribution in [0.25, 0.3) is 0 Å². The van der Waals surface area contributed by atoms with Crippen molar-refractivity contribution in [1.82, 2.24) is 0 Å². The number of nitrogens with two attached hydrogens (primary N) is 1. The van der Waals surface area contributed by atoms with Crippen molar-refractivity contribution >= 4 is 39.8 Å². The van der Waals surface area contributed by atoms with Gasteiger partial charge in [-0.15, -0.1) is 23.1 Å². The number of carbonyl (C=O) groups is 1. The monoisotopic (exact) mass is 328 g/mol. The van der Waals surface area contributed by atoms with Crippen LogP contribution in [0.1, 0.15) is 36.9 Å². The highest BCUT2D eigenvalue weighted by atomic mass is 32.2. The Balaban J connectivity index is 2.31. The number of nitrogen functional groups attached to an aromatic ring is 1. The molecule has 2 rings (SSSR count). The van der Waals surface area contributed by atoms with E-state index in [0.29, 0.717) is 21.9 Å². The summed E-state index contributed by atoms with van der Waals surface area (Å²) >= 11 is 3.06. The van der Waals surface area contributed by atoms with E-state index in [1.807, 2.05) is 6.26 Å². The molecule has 0 aromatic carbocycles. The molecule has 2 N–H and O–H groups in total. The maximum atomic E-state index is 11.8. The second kappa shape index (κ2) is 6.08. The standard InChI is InChI=1S/C15H24N2O2S2/c1-15(2,3)9-6-7-17(8-9)13-11(20-5)10(16)12(21-13)14(18)19-4/h9H,6-8,16H2,1-5H3. The fraction of sp³-hybridized carbons (Fsp3) is 0.667. The average Bonchev–Trinajstić information content (AvgIpc) is 3.01. The molecule has 1 aromatic rings. The number of carbonyl (C=O) groups excluding carboxylic acids is 1. The van der Waals surface area contributed by atoms with E-state index in [9.17, 15) is 4.79 Å². The first-order valence-electron chi connectivity index (χ1n) is 7.09. The van der Waals surface area contributed by atoms with Gasteiger partial charge >= 0.3 is 5.97 Å². The smallest absolute Gasteiger partial charge is 0.350 e. The first kappa shape index (κ1) is 16.5. The van der Waals surface area contributed by atoms with E-state index in [2.05, 4.69) is 25.7 Å². The number of hydrogen-bond donors (Lipinski definition) is 1. The molecule has 1 atom stereocenters. The molecule has 0 saturated carbocycles. The van der Waals surface area contributed by atoms with E-state index in [-0.39, 0.29) is 5.97 Å². The molecule has 0 bridgehead atoms. The molecule has 1 aromatic heterocycles. The first-order valence-corrected chi connectivity index (χ1v) is 9.13. The van der Waals surface area contributed by atoms with E-state index < -0.39 is 0 Å². The third kappa shape index (κ3) is 3.16. The third-order valence-corrected chi connectivity index (χ3v) is 6.35. The van der Waals surface area contributed by atoms with Gasteiger partial charge in [-0.3, -0.25) is 0 Å². The number of methoxy groups -OCH3 is 1. The molecule has 1 aliphatic rings. The topological polar surface area (TPSA) is 55.6 Å². The lowest BCUT2D eigenvalue weighted by atomic mass is 9.80. The number of nitrogens with zero attached hydrogens (tertiary/aromatic N) is 1. The van der Waals surface area contributed by atoms with E-state index >= 15 is 0 Å². The number of thioether (sulfide) groups is 1. The van der Waals surface area contributed by atoms with Gasteiger partial charge in [0.25, 0.3) is 0 Å². The van der Waals surface area contributed by atoms with Crippen LogP contribution in [0, 0.1) is 11.3 Å². The number of rotatable bonds is 3. The molecular weight excluding hydrogens is 304 g/mol. The Morgan fingerprint density at radius 2 is 2.14 bits per heavy atom. The molecule has 0 aliphatic carbocycles. The minimum absolute atomic E-state index is 0.308. The molecule has 0 spiro atoms. The van der Waals surface area contributed by atoms with Gasteiger partial charge in [0.1, 0.15) is 9.88 Å². The van der Waals surface area contributed by atoms with Crippen LogP contribution >= 0.6 is 23.1 Å². The second-order valence-corrected chi connectivity index (χ2v) is 8.29. The lowest BCUT2D eigenvalue weighted by Gasteiger charge is -2.27. The highest BCUT2D eigenvalue weighted by Gasteiger charge is 2.34. The van der Waals surface area contributed by atoms with Crippen LogP contribution in [0.15, 0.2) is 4.90 Å². The Hall–Kier alpha value is -0.880. The maximum Gasteiger partial charge on any atom is 0.350 e. The molecule has 1 saturated heterocycles. The zero-order valence-corrected chi connectivity index (χ0v) is 15.0. The Labute approximate surface area is 135 Å². The predicted octanol–water partition coefficient (Wildman–Crippen LogP) is 3.71. The summed E-state index contributed by atoms with van der Waals surface area (Å²) in [5, 5.41) is 1.12. The Morgan fingerprint density at radius 1 is 1.48 bits per heavy atom. The van der Waals surface area contributed by atoms with Crippen LogP contribution in [0.3, 0.4) is 0 Å². The normalized spacial score (nSPS) is 19.1. The van der Waals surface area contributed by atoms with Crippen LogP contribution < -0.4 is 10.6 Å². The number of ether oxygens (including phenoxy) is 1. The first-order chi connectivity index (χ1) is 9.79. The molecule has 0 radical (unpaired) electrons. The van der Waals surface area contributed by atoms with Crippen molar-refractivity contribution < 1.29 is 9.53 Å². The van der Waals surface area contributed by atoms with Gasteiger partial charge in [0, 0.05) is 13.1 Å². The van der Waals surface area contributed by atoms with E-state index in [1.54, 1.807) is 11.8 Å². The lowest BCUT2D eigenvalue weighted by Crippen LogP contribution is -2.25.